The summed E-state index contributed by atoms with van der Waals surface area (Å²) in [5.41, 5.74) is 0. The standard InChI is InChI=1S/2C6H6O.C6H6.C3H8.4C2H6/c2*7-6-4-2-1-3-5-6;1-2-4-6-5-3-1;1-3-2;4*1-2/h2*1-5,7H;1-6H;3H2,1-2H3;4*1-2H3. The molecule has 178 valence electrons. The van der Waals surface area contributed by atoms with Gasteiger partial charge in [-0.3, -0.25) is 0 Å². The minimum atomic E-state index is 0.322. The van der Waals surface area contributed by atoms with Crippen molar-refractivity contribution in [3.8, 4) is 11.5 Å². The number of hydrogen-bond acceptors (Lipinski definition) is 2. The average molecular weight is 431 g/mol. The molecule has 0 spiro atoms. The predicted molar refractivity (Wildman–Crippen MR) is 144 cm³/mol. The molecule has 0 unspecified atom stereocenters. The summed E-state index contributed by atoms with van der Waals surface area (Å²) >= 11 is 0. The van der Waals surface area contributed by atoms with Crippen LogP contribution < -0.4 is 0 Å². The van der Waals surface area contributed by atoms with E-state index in [2.05, 4.69) is 13.8 Å². The Morgan fingerprint density at radius 3 is 0.613 bits per heavy atom. The lowest BCUT2D eigenvalue weighted by molar-refractivity contribution is 0.475. The van der Waals surface area contributed by atoms with Crippen molar-refractivity contribution in [1.82, 2.24) is 0 Å². The Hall–Kier alpha value is -2.74. The van der Waals surface area contributed by atoms with Crippen LogP contribution in [0.5, 0.6) is 11.5 Å². The Bertz CT molecular complexity index is 488. The lowest BCUT2D eigenvalue weighted by atomic mass is 10.3. The van der Waals surface area contributed by atoms with Crippen LogP contribution in [0.2, 0.25) is 0 Å². The van der Waals surface area contributed by atoms with E-state index >= 15 is 0 Å². The third-order valence-corrected chi connectivity index (χ3v) is 2.18. The van der Waals surface area contributed by atoms with Gasteiger partial charge in [-0.25, -0.2) is 0 Å². The summed E-state index contributed by atoms with van der Waals surface area (Å²) in [6.45, 7) is 20.2. The van der Waals surface area contributed by atoms with Crippen molar-refractivity contribution in [2.45, 2.75) is 75.7 Å². The summed E-state index contributed by atoms with van der Waals surface area (Å²) in [6, 6.07) is 29.4. The highest BCUT2D eigenvalue weighted by molar-refractivity contribution is 5.19. The zero-order chi connectivity index (χ0) is 25.2. The molecule has 0 aliphatic heterocycles. The van der Waals surface area contributed by atoms with E-state index in [0.717, 1.165) is 0 Å². The fourth-order valence-corrected chi connectivity index (χ4v) is 1.24. The highest BCUT2D eigenvalue weighted by atomic mass is 16.3. The van der Waals surface area contributed by atoms with E-state index in [0.29, 0.717) is 11.5 Å². The van der Waals surface area contributed by atoms with Gasteiger partial charge in [0.1, 0.15) is 11.5 Å². The molecule has 2 nitrogen and oxygen atoms in total. The summed E-state index contributed by atoms with van der Waals surface area (Å²) in [6.07, 6.45) is 1.25. The number of phenolic OH excluding ortho intramolecular Hbond substituents is 2. The summed E-state index contributed by atoms with van der Waals surface area (Å²) < 4.78 is 0. The molecule has 0 atom stereocenters. The third kappa shape index (κ3) is 46.9. The van der Waals surface area contributed by atoms with Gasteiger partial charge in [-0.05, 0) is 24.3 Å². The molecule has 0 aromatic heterocycles. The van der Waals surface area contributed by atoms with Crippen LogP contribution in [0, 0.1) is 0 Å². The molecule has 0 amide bonds. The molecule has 2 N–H and O–H groups in total. The van der Waals surface area contributed by atoms with Crippen LogP contribution in [0.15, 0.2) is 97.1 Å². The molecule has 0 aliphatic carbocycles. The number of phenols is 2. The van der Waals surface area contributed by atoms with Gasteiger partial charge in [0.05, 0.1) is 0 Å². The second-order valence-electron chi connectivity index (χ2n) is 4.53. The highest BCUT2D eigenvalue weighted by Gasteiger charge is 1.75. The van der Waals surface area contributed by atoms with Gasteiger partial charge < -0.3 is 10.2 Å². The monoisotopic (exact) mass is 430 g/mol. The van der Waals surface area contributed by atoms with Gasteiger partial charge in [0.15, 0.2) is 0 Å². The van der Waals surface area contributed by atoms with Gasteiger partial charge in [0.25, 0.3) is 0 Å². The maximum Gasteiger partial charge on any atom is 0.115 e. The molecule has 0 bridgehead atoms. The average Bonchev–Trinajstić information content (AvgIpc) is 2.87. The first-order valence-corrected chi connectivity index (χ1v) is 11.7. The van der Waals surface area contributed by atoms with E-state index in [4.69, 9.17) is 10.2 Å². The van der Waals surface area contributed by atoms with Crippen LogP contribution in [-0.4, -0.2) is 10.2 Å². The lowest BCUT2D eigenvalue weighted by Gasteiger charge is -1.82. The maximum absolute atomic E-state index is 8.63. The Labute approximate surface area is 194 Å². The molecule has 31 heavy (non-hydrogen) atoms. The smallest absolute Gasteiger partial charge is 0.115 e. The summed E-state index contributed by atoms with van der Waals surface area (Å²) in [7, 11) is 0. The summed E-state index contributed by atoms with van der Waals surface area (Å²) in [5, 5.41) is 17.3. The lowest BCUT2D eigenvalue weighted by Crippen LogP contribution is -1.56. The number of benzene rings is 3. The zero-order valence-electron chi connectivity index (χ0n) is 21.8. The molecule has 2 heteroatoms. The minimum Gasteiger partial charge on any atom is -0.508 e. The summed E-state index contributed by atoms with van der Waals surface area (Å²) in [4.78, 5) is 0. The van der Waals surface area contributed by atoms with Crippen molar-refractivity contribution in [3.63, 3.8) is 0 Å². The van der Waals surface area contributed by atoms with Crippen LogP contribution in [0.4, 0.5) is 0 Å². The first-order valence-electron chi connectivity index (χ1n) is 11.7. The van der Waals surface area contributed by atoms with E-state index < -0.39 is 0 Å². The molecular weight excluding hydrogens is 380 g/mol. The molecule has 0 heterocycles. The second kappa shape index (κ2) is 45.8. The molecule has 3 rings (SSSR count). The van der Waals surface area contributed by atoms with E-state index in [1.807, 2.05) is 104 Å². The van der Waals surface area contributed by atoms with Crippen LogP contribution in [0.1, 0.15) is 75.7 Å². The molecule has 0 fully saturated rings. The first-order chi connectivity index (χ1) is 15.2. The zero-order valence-corrected chi connectivity index (χ0v) is 21.8. The van der Waals surface area contributed by atoms with E-state index in [1.54, 1.807) is 48.5 Å². The minimum absolute atomic E-state index is 0.322. The largest absolute Gasteiger partial charge is 0.508 e. The van der Waals surface area contributed by atoms with Crippen molar-refractivity contribution in [2.24, 2.45) is 0 Å². The van der Waals surface area contributed by atoms with E-state index in [9.17, 15) is 0 Å². The maximum atomic E-state index is 8.63. The Morgan fingerprint density at radius 1 is 0.387 bits per heavy atom. The van der Waals surface area contributed by atoms with Gasteiger partial charge in [-0.1, -0.05) is 148 Å². The molecule has 0 saturated carbocycles. The topological polar surface area (TPSA) is 40.5 Å². The first kappa shape index (κ1) is 38.8. The molecule has 3 aromatic rings. The van der Waals surface area contributed by atoms with Crippen molar-refractivity contribution in [1.29, 1.82) is 0 Å². The SMILES string of the molecule is CC.CC.CC.CC.CCC.Oc1ccccc1.Oc1ccccc1.c1ccccc1. The molecule has 0 radical (unpaired) electrons. The Morgan fingerprint density at radius 2 is 0.516 bits per heavy atom. The van der Waals surface area contributed by atoms with Crippen LogP contribution in [0.3, 0.4) is 0 Å². The van der Waals surface area contributed by atoms with Crippen LogP contribution in [0.25, 0.3) is 0 Å². The third-order valence-electron chi connectivity index (χ3n) is 2.18. The fourth-order valence-electron chi connectivity index (χ4n) is 1.24. The summed E-state index contributed by atoms with van der Waals surface area (Å²) in [5.74, 6) is 0.644. The van der Waals surface area contributed by atoms with Crippen molar-refractivity contribution in [3.05, 3.63) is 97.1 Å². The number of hydrogen-bond donors (Lipinski definition) is 2. The van der Waals surface area contributed by atoms with Gasteiger partial charge >= 0.3 is 0 Å². The molecule has 0 aliphatic rings. The van der Waals surface area contributed by atoms with E-state index in [-0.39, 0.29) is 0 Å². The van der Waals surface area contributed by atoms with Gasteiger partial charge in [0.2, 0.25) is 0 Å². The van der Waals surface area contributed by atoms with Gasteiger partial charge in [0, 0.05) is 0 Å². The Balaban J connectivity index is -0.0000000895. The second-order valence-corrected chi connectivity index (χ2v) is 4.53. The molecular formula is C29H50O2. The predicted octanol–water partition coefficient (Wildman–Crippen LogP) is 9.99. The fraction of sp³-hybridized carbons (Fsp3) is 0.379. The normalized spacial score (nSPS) is 6.77. The van der Waals surface area contributed by atoms with Crippen molar-refractivity contribution < 1.29 is 10.2 Å². The van der Waals surface area contributed by atoms with Gasteiger partial charge in [-0.15, -0.1) is 0 Å². The molecule has 3 aromatic carbocycles. The van der Waals surface area contributed by atoms with Crippen molar-refractivity contribution >= 4 is 0 Å². The van der Waals surface area contributed by atoms with Crippen LogP contribution >= 0.6 is 0 Å². The van der Waals surface area contributed by atoms with Crippen LogP contribution in [-0.2, 0) is 0 Å². The number of rotatable bonds is 0. The number of para-hydroxylation sites is 2. The van der Waals surface area contributed by atoms with Crippen molar-refractivity contribution in [2.75, 3.05) is 0 Å². The number of aromatic hydroxyl groups is 2. The Kier molecular flexibility index (Phi) is 57.3. The van der Waals surface area contributed by atoms with Gasteiger partial charge in [-0.2, -0.15) is 0 Å². The quantitative estimate of drug-likeness (QED) is 0.372. The van der Waals surface area contributed by atoms with E-state index in [1.165, 1.54) is 6.42 Å². The molecule has 0 saturated heterocycles. The highest BCUT2D eigenvalue weighted by Crippen LogP contribution is 2.03.